The van der Waals surface area contributed by atoms with Gasteiger partial charge < -0.3 is 93.3 Å². The number of primary amides is 1. The van der Waals surface area contributed by atoms with Crippen molar-refractivity contribution in [2.24, 2.45) is 11.7 Å². The number of anilines is 2. The van der Waals surface area contributed by atoms with Crippen LogP contribution in [0, 0.1) is 5.92 Å². The number of fused-ring (bicyclic) bond motifs is 2. The zero-order valence-electron chi connectivity index (χ0n) is 69.2. The van der Waals surface area contributed by atoms with Crippen molar-refractivity contribution < 1.29 is 92.3 Å². The van der Waals surface area contributed by atoms with Crippen LogP contribution in [0.2, 0.25) is 0 Å². The van der Waals surface area contributed by atoms with Crippen molar-refractivity contribution in [3.8, 4) is 22.5 Å². The molecule has 33 heteroatoms. The van der Waals surface area contributed by atoms with Crippen molar-refractivity contribution in [2.45, 2.75) is 277 Å². The number of nitrogens with one attached hydrogen (secondary N) is 9. The van der Waals surface area contributed by atoms with E-state index in [1.807, 2.05) is 36.4 Å². The molecule has 2 aromatic carbocycles. The Labute approximate surface area is 690 Å². The number of carboxylic acid groups (broad SMARTS) is 4. The van der Waals surface area contributed by atoms with Gasteiger partial charge in [-0.3, -0.25) is 52.7 Å². The molecule has 2 aliphatic heterocycles. The fourth-order valence-electron chi connectivity index (χ4n) is 14.5. The number of aliphatic hydroxyl groups is 1. The number of nitrogens with zero attached hydrogens (tertiary/aromatic N) is 3. The van der Waals surface area contributed by atoms with Crippen LogP contribution in [0.3, 0.4) is 0 Å². The Morgan fingerprint density at radius 2 is 1.15 bits per heavy atom. The Balaban J connectivity index is 1.29. The van der Waals surface area contributed by atoms with Gasteiger partial charge in [-0.25, -0.2) is 14.2 Å². The van der Waals surface area contributed by atoms with E-state index >= 15 is 0 Å². The third-order valence-electron chi connectivity index (χ3n) is 20.8. The molecule has 117 heavy (non-hydrogen) atoms. The van der Waals surface area contributed by atoms with Crippen molar-refractivity contribution in [1.82, 2.24) is 52.0 Å². The van der Waals surface area contributed by atoms with Crippen LogP contribution < -0.4 is 68.4 Å². The number of aromatic carboxylic acids is 1. The smallest absolute Gasteiger partial charge is 0.336 e. The Morgan fingerprint density at radius 1 is 0.590 bits per heavy atom. The first-order valence-electron chi connectivity index (χ1n) is 41.6. The van der Waals surface area contributed by atoms with Crippen LogP contribution in [0.25, 0.3) is 33.4 Å². The average molecular weight is 1650 g/mol. The highest BCUT2D eigenvalue weighted by Crippen LogP contribution is 2.43. The van der Waals surface area contributed by atoms with E-state index in [0.717, 1.165) is 92.1 Å². The second-order valence-corrected chi connectivity index (χ2v) is 30.8. The summed E-state index contributed by atoms with van der Waals surface area (Å²) in [6.07, 6.45) is 12.8. The molecule has 0 unspecified atom stereocenters. The highest BCUT2D eigenvalue weighted by Gasteiger charge is 2.41. The number of rotatable bonds is 55. The van der Waals surface area contributed by atoms with Crippen LogP contribution in [0.1, 0.15) is 239 Å². The molecule has 0 radical (unpaired) electrons. The third kappa shape index (κ3) is 32.6. The summed E-state index contributed by atoms with van der Waals surface area (Å²) in [7, 11) is 0. The molecule has 2 aromatic rings. The monoisotopic (exact) mass is 1650 g/mol. The summed E-state index contributed by atoms with van der Waals surface area (Å²) >= 11 is 5.72. The van der Waals surface area contributed by atoms with Crippen LogP contribution in [0.15, 0.2) is 59.0 Å². The standard InChI is InChI=1S/C84H125N13O19S/c1-9-14-15-16-17-18-19-20-21-22-23-24-25-26-27-33-70(100)89-61(31-28-29-44-86-84(117)88-54-34-37-57(60(47-54)82(112)113)74-58-38-35-55(95(10-2)11-3)48-67(58)116-68-49-56(36-39-59(68)74)96(12-4)13-5)76(106)92-64(50-69(85)99)81(111)97-45-30-32-66(97)79(109)91-63(41-43-73(104)105)78(108)94-75(53(8)98)80(110)87-51-71(101)90-62(40-42-72(102)103)77(107)93-65(83(114)115)46-52(6)7/h34-39,47-49,52-53,61-66,75,98H,9-33,40-46,50-51H2,1-8H3,(H14,85,86,87,89,90,91,92,93,94,99,100,101,102,103,104,105,106,107,108,109,110,112,113,114,115,117)/p+1/t53-,61+,62+,63+,64+,65+,66+,75+/m1/s1. The van der Waals surface area contributed by atoms with Gasteiger partial charge in [-0.2, -0.15) is 0 Å². The van der Waals surface area contributed by atoms with Gasteiger partial charge >= 0.3 is 23.9 Å². The number of hydrogen-bond acceptors (Lipinski definition) is 17. The number of nitrogens with two attached hydrogens (primary N) is 1. The van der Waals surface area contributed by atoms with Crippen LogP contribution in [0.4, 0.5) is 11.4 Å². The predicted molar refractivity (Wildman–Crippen MR) is 448 cm³/mol. The summed E-state index contributed by atoms with van der Waals surface area (Å²) in [5.74, 6) is -13.6. The zero-order chi connectivity index (χ0) is 86.3. The molecule has 0 bridgehead atoms. The van der Waals surface area contributed by atoms with E-state index in [0.29, 0.717) is 47.4 Å². The van der Waals surface area contributed by atoms with Gasteiger partial charge in [-0.15, -0.1) is 0 Å². The minimum Gasteiger partial charge on any atom is -0.481 e. The third-order valence-corrected chi connectivity index (χ3v) is 21.1. The van der Waals surface area contributed by atoms with Crippen molar-refractivity contribution >= 4 is 117 Å². The molecule has 1 fully saturated rings. The highest BCUT2D eigenvalue weighted by molar-refractivity contribution is 7.80. The lowest BCUT2D eigenvalue weighted by Gasteiger charge is -2.30. The minimum absolute atomic E-state index is 0.00123. The molecular weight excluding hydrogens is 1530 g/mol. The second kappa shape index (κ2) is 51.0. The van der Waals surface area contributed by atoms with Crippen molar-refractivity contribution in [3.05, 3.63) is 65.5 Å². The molecule has 1 aliphatic carbocycles. The fourth-order valence-corrected chi connectivity index (χ4v) is 14.7. The van der Waals surface area contributed by atoms with Gasteiger partial charge in [0, 0.05) is 85.5 Å². The molecule has 3 aliphatic rings. The summed E-state index contributed by atoms with van der Waals surface area (Å²) < 4.78 is 8.85. The maximum atomic E-state index is 14.7. The van der Waals surface area contributed by atoms with E-state index in [4.69, 9.17) is 22.4 Å². The number of aliphatic hydroxyl groups excluding tert-OH is 1. The van der Waals surface area contributed by atoms with E-state index in [2.05, 4.69) is 91.9 Å². The summed E-state index contributed by atoms with van der Waals surface area (Å²) in [5.41, 5.74) is 9.51. The fraction of sp³-hybridized carbons (Fsp3) is 0.607. The number of thiocarbonyl (C=S) groups is 1. The van der Waals surface area contributed by atoms with E-state index in [9.17, 15) is 87.9 Å². The minimum atomic E-state index is -1.88. The van der Waals surface area contributed by atoms with E-state index in [1.54, 1.807) is 26.0 Å². The van der Waals surface area contributed by atoms with Crippen LogP contribution in [-0.2, 0) is 57.5 Å². The number of likely N-dealkylation sites (tertiary alicyclic amines) is 1. The molecule has 0 saturated carbocycles. The Bertz CT molecular complexity index is 4060. The molecular formula is C84H126N13O19S+. The maximum Gasteiger partial charge on any atom is 0.336 e. The maximum absolute atomic E-state index is 14.7. The quantitative estimate of drug-likeness (QED) is 0.00885. The molecule has 1 saturated heterocycles. The van der Waals surface area contributed by atoms with E-state index in [1.165, 1.54) is 63.9 Å². The number of carbonyl (C=O) groups is 13. The number of benzene rings is 3. The summed E-state index contributed by atoms with van der Waals surface area (Å²) in [4.78, 5) is 176. The molecule has 8 atom stereocenters. The highest BCUT2D eigenvalue weighted by atomic mass is 32.1. The van der Waals surface area contributed by atoms with Gasteiger partial charge in [-0.1, -0.05) is 117 Å². The van der Waals surface area contributed by atoms with Crippen molar-refractivity contribution in [1.29, 1.82) is 0 Å². The topological polar surface area (TPSA) is 480 Å². The van der Waals surface area contributed by atoms with Crippen molar-refractivity contribution in [3.63, 3.8) is 0 Å². The lowest BCUT2D eigenvalue weighted by atomic mass is 9.90. The predicted octanol–water partition coefficient (Wildman–Crippen LogP) is 7.41. The average Bonchev–Trinajstić information content (AvgIpc) is 0.992. The van der Waals surface area contributed by atoms with Gasteiger partial charge in [0.1, 0.15) is 66.7 Å². The lowest BCUT2D eigenvalue weighted by molar-refractivity contribution is -0.144. The number of aliphatic carboxylic acids is 3. The Kier molecular flexibility index (Phi) is 42.4. The summed E-state index contributed by atoms with van der Waals surface area (Å²) in [6.45, 7) is 17.3. The van der Waals surface area contributed by atoms with Gasteiger partial charge in [0.05, 0.1) is 30.7 Å². The van der Waals surface area contributed by atoms with Gasteiger partial charge in [0.25, 0.3) is 0 Å². The first-order chi connectivity index (χ1) is 55.8. The molecule has 32 nitrogen and oxygen atoms in total. The molecule has 0 aromatic heterocycles. The van der Waals surface area contributed by atoms with Crippen molar-refractivity contribution in [2.75, 3.05) is 56.0 Å². The number of amides is 9. The Hall–Kier alpha value is -10.3. The normalized spacial score (nSPS) is 14.3. The van der Waals surface area contributed by atoms with E-state index in [-0.39, 0.29) is 61.8 Å². The van der Waals surface area contributed by atoms with Crippen LogP contribution >= 0.6 is 12.2 Å². The molecule has 5 rings (SSSR count). The number of carbonyl (C=O) groups excluding carboxylic acids is 9. The van der Waals surface area contributed by atoms with Crippen LogP contribution in [-0.4, -0.2) is 207 Å². The first kappa shape index (κ1) is 97.3. The number of hydrogen-bond donors (Lipinski definition) is 15. The number of unbranched alkanes of at least 4 members (excludes halogenated alkanes) is 15. The molecule has 646 valence electrons. The number of carboxylic acids is 4. The van der Waals surface area contributed by atoms with Gasteiger partial charge in [-0.05, 0) is 146 Å². The van der Waals surface area contributed by atoms with Gasteiger partial charge in [0.2, 0.25) is 58.5 Å². The molecule has 2 heterocycles. The SMILES string of the molecule is CCCCCCCCCCCCCCCCCC(=O)N[C@@H](CCCCNC(=S)Nc1ccc(-c2c3ccc(=[N+](CC)CC)cc-3oc3cc(N(CC)CC)ccc23)c(C(=O)O)c1)C(=O)N[C@@H](CC(N)=O)C(=O)N1CCC[C@H]1C(=O)N[C@@H](CCC(=O)O)C(=O)N[C@H](C(=O)NCC(=O)N[C@@H](CCC(=O)O)C(=O)N[C@@H](CC(C)C)C(=O)O)[C@@H](C)O. The second-order valence-electron chi connectivity index (χ2n) is 30.4. The Morgan fingerprint density at radius 3 is 1.71 bits per heavy atom. The molecule has 16 N–H and O–H groups in total. The van der Waals surface area contributed by atoms with Crippen LogP contribution in [0.5, 0.6) is 0 Å². The van der Waals surface area contributed by atoms with E-state index < -0.39 is 164 Å². The molecule has 0 spiro atoms. The largest absolute Gasteiger partial charge is 0.481 e. The molecule has 9 amide bonds. The van der Waals surface area contributed by atoms with Gasteiger partial charge in [0.15, 0.2) is 5.11 Å². The summed E-state index contributed by atoms with van der Waals surface area (Å²) in [5, 5.41) is 75.2. The summed E-state index contributed by atoms with van der Waals surface area (Å²) in [6, 6.07) is 5.93. The lowest BCUT2D eigenvalue weighted by Crippen LogP contribution is -2.60. The zero-order valence-corrected chi connectivity index (χ0v) is 70.0. The first-order valence-corrected chi connectivity index (χ1v) is 42.0.